The minimum Gasteiger partial charge on any atom is -0.490 e. The van der Waals surface area contributed by atoms with Crippen LogP contribution in [0, 0.1) is 5.92 Å². The summed E-state index contributed by atoms with van der Waals surface area (Å²) in [6.45, 7) is 4.75. The molecule has 3 aliphatic rings. The number of nitrogens with zero attached hydrogens (tertiary/aromatic N) is 1. The lowest BCUT2D eigenvalue weighted by Gasteiger charge is -2.37. The van der Waals surface area contributed by atoms with Crippen molar-refractivity contribution in [2.45, 2.75) is 63.4 Å². The zero-order valence-corrected chi connectivity index (χ0v) is 16.7. The van der Waals surface area contributed by atoms with Gasteiger partial charge in [0.15, 0.2) is 11.5 Å². The molecule has 1 N–H and O–H groups in total. The predicted octanol–water partition coefficient (Wildman–Crippen LogP) is 4.27. The van der Waals surface area contributed by atoms with E-state index in [4.69, 9.17) is 9.47 Å². The molecule has 1 aromatic rings. The average molecular weight is 372 g/mol. The highest BCUT2D eigenvalue weighted by Crippen LogP contribution is 2.50. The Kier molecular flexibility index (Phi) is 5.36. The minimum absolute atomic E-state index is 0.00582. The van der Waals surface area contributed by atoms with Gasteiger partial charge in [-0.05, 0) is 68.2 Å². The number of likely N-dealkylation sites (N-methyl/N-ethyl adjacent to an activating group) is 1. The summed E-state index contributed by atoms with van der Waals surface area (Å²) in [6, 6.07) is 6.54. The van der Waals surface area contributed by atoms with Crippen molar-refractivity contribution in [3.63, 3.8) is 0 Å². The predicted molar refractivity (Wildman–Crippen MR) is 107 cm³/mol. The zero-order valence-electron chi connectivity index (χ0n) is 16.7. The lowest BCUT2D eigenvalue weighted by molar-refractivity contribution is 0.181. The molecular weight excluding hydrogens is 338 g/mol. The summed E-state index contributed by atoms with van der Waals surface area (Å²) in [5.41, 5.74) is 2.58. The number of aliphatic hydroxyl groups excluding tert-OH is 1. The molecule has 0 aromatic heterocycles. The van der Waals surface area contributed by atoms with E-state index < -0.39 is 0 Å². The molecule has 1 aliphatic heterocycles. The van der Waals surface area contributed by atoms with Gasteiger partial charge in [0.25, 0.3) is 0 Å². The molecule has 0 radical (unpaired) electrons. The van der Waals surface area contributed by atoms with Crippen molar-refractivity contribution in [2.24, 2.45) is 5.92 Å². The highest BCUT2D eigenvalue weighted by Gasteiger charge is 2.45. The average Bonchev–Trinajstić information content (AvgIpc) is 3.45. The number of likely N-dealkylation sites (tertiary alicyclic amines) is 1. The van der Waals surface area contributed by atoms with E-state index in [9.17, 15) is 5.11 Å². The molecule has 2 fully saturated rings. The van der Waals surface area contributed by atoms with Crippen molar-refractivity contribution in [1.82, 2.24) is 4.90 Å². The van der Waals surface area contributed by atoms with E-state index in [1.807, 2.05) is 0 Å². The van der Waals surface area contributed by atoms with Crippen LogP contribution in [0.5, 0.6) is 11.5 Å². The molecular formula is C23H33NO3. The largest absolute Gasteiger partial charge is 0.490 e. The first-order valence-corrected chi connectivity index (χ1v) is 10.6. The number of aliphatic hydroxyl groups is 1. The molecule has 0 unspecified atom stereocenters. The van der Waals surface area contributed by atoms with Crippen LogP contribution in [0.15, 0.2) is 30.0 Å². The third kappa shape index (κ3) is 3.82. The first kappa shape index (κ1) is 18.7. The molecule has 2 atom stereocenters. The number of fused-ring (bicyclic) bond motifs is 1. The SMILES string of the molecule is CCCCOc1cc([C@@]23CC[C@@H](O)C=C2N(C)CC3)ccc1OCC1CC1. The topological polar surface area (TPSA) is 41.9 Å². The Bertz CT molecular complexity index is 697. The summed E-state index contributed by atoms with van der Waals surface area (Å²) < 4.78 is 12.2. The van der Waals surface area contributed by atoms with Gasteiger partial charge >= 0.3 is 0 Å². The van der Waals surface area contributed by atoms with Gasteiger partial charge in [0.1, 0.15) is 0 Å². The first-order chi connectivity index (χ1) is 13.1. The summed E-state index contributed by atoms with van der Waals surface area (Å²) in [5, 5.41) is 10.2. The van der Waals surface area contributed by atoms with Crippen LogP contribution in [0.2, 0.25) is 0 Å². The second-order valence-electron chi connectivity index (χ2n) is 8.53. The summed E-state index contributed by atoms with van der Waals surface area (Å²) in [6.07, 6.45) is 9.39. The summed E-state index contributed by atoms with van der Waals surface area (Å²) in [5.74, 6) is 2.49. The molecule has 1 heterocycles. The van der Waals surface area contributed by atoms with Gasteiger partial charge in [0.05, 0.1) is 19.3 Å². The maximum absolute atomic E-state index is 10.2. The normalized spacial score (nSPS) is 27.3. The van der Waals surface area contributed by atoms with E-state index in [-0.39, 0.29) is 11.5 Å². The fourth-order valence-electron chi connectivity index (χ4n) is 4.47. The van der Waals surface area contributed by atoms with Crippen molar-refractivity contribution >= 4 is 0 Å². The molecule has 2 aliphatic carbocycles. The molecule has 1 saturated heterocycles. The number of unbranched alkanes of at least 4 members (excludes halogenated alkanes) is 1. The molecule has 4 heteroatoms. The van der Waals surface area contributed by atoms with Crippen molar-refractivity contribution in [3.8, 4) is 11.5 Å². The fraction of sp³-hybridized carbons (Fsp3) is 0.652. The van der Waals surface area contributed by atoms with Crippen molar-refractivity contribution in [1.29, 1.82) is 0 Å². The number of allylic oxidation sites excluding steroid dienone is 1. The highest BCUT2D eigenvalue weighted by molar-refractivity contribution is 5.49. The van der Waals surface area contributed by atoms with E-state index >= 15 is 0 Å². The van der Waals surface area contributed by atoms with E-state index in [0.717, 1.165) is 69.3 Å². The number of ether oxygens (including phenoxy) is 2. The summed E-state index contributed by atoms with van der Waals surface area (Å²) in [7, 11) is 2.14. The lowest BCUT2D eigenvalue weighted by atomic mass is 9.70. The molecule has 27 heavy (non-hydrogen) atoms. The molecule has 4 nitrogen and oxygen atoms in total. The molecule has 0 spiro atoms. The monoisotopic (exact) mass is 371 g/mol. The Hall–Kier alpha value is -1.68. The first-order valence-electron chi connectivity index (χ1n) is 10.6. The minimum atomic E-state index is -0.324. The van der Waals surface area contributed by atoms with Gasteiger partial charge in [-0.3, -0.25) is 0 Å². The number of rotatable bonds is 8. The number of benzene rings is 1. The lowest BCUT2D eigenvalue weighted by Crippen LogP contribution is -2.33. The molecule has 148 valence electrons. The van der Waals surface area contributed by atoms with Crippen LogP contribution in [-0.4, -0.2) is 42.9 Å². The van der Waals surface area contributed by atoms with E-state index in [0.29, 0.717) is 0 Å². The Morgan fingerprint density at radius 3 is 2.78 bits per heavy atom. The van der Waals surface area contributed by atoms with Crippen LogP contribution < -0.4 is 9.47 Å². The Morgan fingerprint density at radius 2 is 2.00 bits per heavy atom. The van der Waals surface area contributed by atoms with Crippen molar-refractivity contribution < 1.29 is 14.6 Å². The van der Waals surface area contributed by atoms with Gasteiger partial charge in [0.2, 0.25) is 0 Å². The quantitative estimate of drug-likeness (QED) is 0.693. The maximum atomic E-state index is 10.2. The fourth-order valence-corrected chi connectivity index (χ4v) is 4.47. The highest BCUT2D eigenvalue weighted by atomic mass is 16.5. The van der Waals surface area contributed by atoms with Gasteiger partial charge < -0.3 is 19.5 Å². The summed E-state index contributed by atoms with van der Waals surface area (Å²) >= 11 is 0. The Labute approximate surface area is 163 Å². The van der Waals surface area contributed by atoms with E-state index in [1.54, 1.807) is 0 Å². The van der Waals surface area contributed by atoms with Crippen LogP contribution in [0.1, 0.15) is 57.4 Å². The summed E-state index contributed by atoms with van der Waals surface area (Å²) in [4.78, 5) is 2.30. The number of hydrogen-bond donors (Lipinski definition) is 1. The van der Waals surface area contributed by atoms with Crippen LogP contribution in [-0.2, 0) is 5.41 Å². The van der Waals surface area contributed by atoms with Crippen LogP contribution in [0.25, 0.3) is 0 Å². The van der Waals surface area contributed by atoms with Gasteiger partial charge in [-0.2, -0.15) is 0 Å². The van der Waals surface area contributed by atoms with Gasteiger partial charge in [-0.25, -0.2) is 0 Å². The van der Waals surface area contributed by atoms with E-state index in [2.05, 4.69) is 43.1 Å². The van der Waals surface area contributed by atoms with Crippen molar-refractivity contribution in [3.05, 3.63) is 35.5 Å². The standard InChI is InChI=1S/C23H33NO3/c1-3-4-13-26-21-14-18(7-8-20(21)27-16-17-5-6-17)23-10-9-19(25)15-22(23)24(2)12-11-23/h7-8,14-15,17,19,25H,3-6,9-13,16H2,1-2H3/t19-,23+/m1/s1. The number of hydrogen-bond acceptors (Lipinski definition) is 4. The van der Waals surface area contributed by atoms with Crippen LogP contribution in [0.4, 0.5) is 0 Å². The molecule has 1 saturated carbocycles. The third-order valence-electron chi connectivity index (χ3n) is 6.42. The second kappa shape index (κ2) is 7.75. The van der Waals surface area contributed by atoms with Gasteiger partial charge in [-0.1, -0.05) is 19.4 Å². The molecule has 0 amide bonds. The maximum Gasteiger partial charge on any atom is 0.161 e. The van der Waals surface area contributed by atoms with Gasteiger partial charge in [-0.15, -0.1) is 0 Å². The van der Waals surface area contributed by atoms with Gasteiger partial charge in [0, 0.05) is 24.7 Å². The van der Waals surface area contributed by atoms with Crippen molar-refractivity contribution in [2.75, 3.05) is 26.8 Å². The molecule has 0 bridgehead atoms. The Balaban J connectivity index is 1.63. The van der Waals surface area contributed by atoms with Crippen LogP contribution >= 0.6 is 0 Å². The van der Waals surface area contributed by atoms with Crippen LogP contribution in [0.3, 0.4) is 0 Å². The molecule has 1 aromatic carbocycles. The Morgan fingerprint density at radius 1 is 1.15 bits per heavy atom. The zero-order chi connectivity index (χ0) is 18.9. The molecule has 4 rings (SSSR count). The third-order valence-corrected chi connectivity index (χ3v) is 6.42. The van der Waals surface area contributed by atoms with E-state index in [1.165, 1.54) is 24.1 Å². The smallest absolute Gasteiger partial charge is 0.161 e. The second-order valence-corrected chi connectivity index (χ2v) is 8.53.